The molecule has 1 amide bonds. The minimum absolute atomic E-state index is 0.227. The Morgan fingerprint density at radius 1 is 1.15 bits per heavy atom. The summed E-state index contributed by atoms with van der Waals surface area (Å²) >= 11 is 13.1. The predicted molar refractivity (Wildman–Crippen MR) is 105 cm³/mol. The minimum atomic E-state index is -0.451. The number of rotatable bonds is 5. The van der Waals surface area contributed by atoms with Crippen molar-refractivity contribution in [2.24, 2.45) is 0 Å². The lowest BCUT2D eigenvalue weighted by molar-refractivity contribution is -0.115. The standard InChI is InChI=1S/C18H15Cl2N3O2S/c1-10-3-5-12(6-4-10)17-22-23-18(25-17)26-11(2)16(24)21-15-8-7-13(19)9-14(15)20/h3-9,11H,1-2H3,(H,21,24)/t11-/m0/s1. The van der Waals surface area contributed by atoms with E-state index in [0.717, 1.165) is 11.1 Å². The van der Waals surface area contributed by atoms with Crippen LogP contribution in [0.5, 0.6) is 0 Å². The molecular weight excluding hydrogens is 393 g/mol. The maximum Gasteiger partial charge on any atom is 0.277 e. The van der Waals surface area contributed by atoms with Crippen LogP contribution < -0.4 is 5.32 Å². The Bertz CT molecular complexity index is 928. The zero-order chi connectivity index (χ0) is 18.7. The molecule has 5 nitrogen and oxygen atoms in total. The van der Waals surface area contributed by atoms with Gasteiger partial charge in [0.2, 0.25) is 11.8 Å². The van der Waals surface area contributed by atoms with E-state index in [2.05, 4.69) is 15.5 Å². The van der Waals surface area contributed by atoms with Crippen LogP contribution in [-0.2, 0) is 4.79 Å². The molecule has 134 valence electrons. The molecule has 8 heteroatoms. The molecule has 1 heterocycles. The summed E-state index contributed by atoms with van der Waals surface area (Å²) in [5.41, 5.74) is 2.48. The fourth-order valence-corrected chi connectivity index (χ4v) is 3.24. The number of amides is 1. The second-order valence-corrected chi connectivity index (χ2v) is 7.75. The average molecular weight is 408 g/mol. The Labute approximate surface area is 165 Å². The molecule has 0 unspecified atom stereocenters. The molecule has 3 aromatic rings. The third-order valence-electron chi connectivity index (χ3n) is 3.54. The quantitative estimate of drug-likeness (QED) is 0.567. The first kappa shape index (κ1) is 18.8. The highest BCUT2D eigenvalue weighted by Crippen LogP contribution is 2.29. The van der Waals surface area contributed by atoms with Crippen molar-refractivity contribution in [3.05, 3.63) is 58.1 Å². The van der Waals surface area contributed by atoms with Crippen LogP contribution in [0.4, 0.5) is 5.69 Å². The minimum Gasteiger partial charge on any atom is -0.411 e. The maximum atomic E-state index is 12.4. The number of aryl methyl sites for hydroxylation is 1. The first-order valence-corrected chi connectivity index (χ1v) is 9.39. The van der Waals surface area contributed by atoms with Crippen molar-refractivity contribution < 1.29 is 9.21 Å². The summed E-state index contributed by atoms with van der Waals surface area (Å²) in [5, 5.41) is 11.5. The van der Waals surface area contributed by atoms with Gasteiger partial charge in [-0.2, -0.15) is 0 Å². The monoisotopic (exact) mass is 407 g/mol. The fourth-order valence-electron chi connectivity index (χ4n) is 2.10. The lowest BCUT2D eigenvalue weighted by Gasteiger charge is -2.11. The first-order valence-electron chi connectivity index (χ1n) is 7.75. The Balaban J connectivity index is 1.65. The van der Waals surface area contributed by atoms with Gasteiger partial charge in [-0.25, -0.2) is 0 Å². The molecule has 2 aromatic carbocycles. The van der Waals surface area contributed by atoms with E-state index in [4.69, 9.17) is 27.6 Å². The summed E-state index contributed by atoms with van der Waals surface area (Å²) < 4.78 is 5.64. The number of thioether (sulfide) groups is 1. The van der Waals surface area contributed by atoms with Crippen LogP contribution in [0.3, 0.4) is 0 Å². The van der Waals surface area contributed by atoms with E-state index in [1.807, 2.05) is 31.2 Å². The average Bonchev–Trinajstić information content (AvgIpc) is 3.06. The van der Waals surface area contributed by atoms with Crippen molar-refractivity contribution in [1.82, 2.24) is 10.2 Å². The molecule has 0 aliphatic heterocycles. The molecule has 0 aliphatic rings. The predicted octanol–water partition coefficient (Wildman–Crippen LogP) is 5.47. The molecule has 0 spiro atoms. The van der Waals surface area contributed by atoms with Crippen LogP contribution >= 0.6 is 35.0 Å². The number of carbonyl (C=O) groups excluding carboxylic acids is 1. The molecule has 0 radical (unpaired) electrons. The van der Waals surface area contributed by atoms with Gasteiger partial charge in [0, 0.05) is 10.6 Å². The van der Waals surface area contributed by atoms with Crippen LogP contribution in [0.25, 0.3) is 11.5 Å². The van der Waals surface area contributed by atoms with Crippen molar-refractivity contribution in [2.45, 2.75) is 24.3 Å². The van der Waals surface area contributed by atoms with E-state index in [1.165, 1.54) is 11.8 Å². The highest BCUT2D eigenvalue weighted by Gasteiger charge is 2.19. The lowest BCUT2D eigenvalue weighted by Crippen LogP contribution is -2.22. The van der Waals surface area contributed by atoms with E-state index in [0.29, 0.717) is 26.8 Å². The third-order valence-corrected chi connectivity index (χ3v) is 5.02. The number of nitrogens with one attached hydrogen (secondary N) is 1. The molecule has 1 N–H and O–H groups in total. The van der Waals surface area contributed by atoms with Gasteiger partial charge in [-0.15, -0.1) is 10.2 Å². The van der Waals surface area contributed by atoms with E-state index in [-0.39, 0.29) is 5.91 Å². The van der Waals surface area contributed by atoms with Crippen LogP contribution in [0, 0.1) is 6.92 Å². The smallest absolute Gasteiger partial charge is 0.277 e. The highest BCUT2D eigenvalue weighted by molar-refractivity contribution is 8.00. The fraction of sp³-hybridized carbons (Fsp3) is 0.167. The molecule has 3 rings (SSSR count). The van der Waals surface area contributed by atoms with Crippen LogP contribution in [0.15, 0.2) is 52.1 Å². The number of hydrogen-bond acceptors (Lipinski definition) is 5. The van der Waals surface area contributed by atoms with E-state index >= 15 is 0 Å². The van der Waals surface area contributed by atoms with Gasteiger partial charge in [-0.05, 0) is 44.2 Å². The molecule has 0 fully saturated rings. The van der Waals surface area contributed by atoms with E-state index in [1.54, 1.807) is 25.1 Å². The lowest BCUT2D eigenvalue weighted by atomic mass is 10.1. The summed E-state index contributed by atoms with van der Waals surface area (Å²) in [6.45, 7) is 3.76. The van der Waals surface area contributed by atoms with Gasteiger partial charge < -0.3 is 9.73 Å². The van der Waals surface area contributed by atoms with Crippen molar-refractivity contribution in [3.8, 4) is 11.5 Å². The topological polar surface area (TPSA) is 68.0 Å². The second kappa shape index (κ2) is 8.12. The van der Waals surface area contributed by atoms with Crippen molar-refractivity contribution in [1.29, 1.82) is 0 Å². The number of carbonyl (C=O) groups is 1. The van der Waals surface area contributed by atoms with Crippen LogP contribution in [-0.4, -0.2) is 21.4 Å². The zero-order valence-corrected chi connectivity index (χ0v) is 16.3. The molecule has 0 saturated heterocycles. The molecular formula is C18H15Cl2N3O2S. The highest BCUT2D eigenvalue weighted by atomic mass is 35.5. The molecule has 1 atom stereocenters. The second-order valence-electron chi connectivity index (χ2n) is 5.61. The van der Waals surface area contributed by atoms with Crippen LogP contribution in [0.1, 0.15) is 12.5 Å². The Kier molecular flexibility index (Phi) is 5.86. The normalized spacial score (nSPS) is 12.0. The Hall–Kier alpha value is -2.02. The summed E-state index contributed by atoms with van der Waals surface area (Å²) in [4.78, 5) is 12.4. The molecule has 1 aromatic heterocycles. The van der Waals surface area contributed by atoms with Crippen LogP contribution in [0.2, 0.25) is 10.0 Å². The van der Waals surface area contributed by atoms with Gasteiger partial charge in [0.15, 0.2) is 0 Å². The summed E-state index contributed by atoms with van der Waals surface area (Å²) in [5.74, 6) is 0.190. The molecule has 26 heavy (non-hydrogen) atoms. The molecule has 0 aliphatic carbocycles. The SMILES string of the molecule is Cc1ccc(-c2nnc(S[C@@H](C)C(=O)Nc3ccc(Cl)cc3Cl)o2)cc1. The van der Waals surface area contributed by atoms with Gasteiger partial charge in [0.1, 0.15) is 0 Å². The number of halogens is 2. The van der Waals surface area contributed by atoms with Gasteiger partial charge in [0.05, 0.1) is 16.0 Å². The first-order chi connectivity index (χ1) is 12.4. The third kappa shape index (κ3) is 4.58. The number of aromatic nitrogens is 2. The van der Waals surface area contributed by atoms with Gasteiger partial charge in [-0.1, -0.05) is 52.7 Å². The van der Waals surface area contributed by atoms with Crippen molar-refractivity contribution in [3.63, 3.8) is 0 Å². The number of benzene rings is 2. The number of hydrogen-bond donors (Lipinski definition) is 1. The van der Waals surface area contributed by atoms with E-state index < -0.39 is 5.25 Å². The summed E-state index contributed by atoms with van der Waals surface area (Å²) in [7, 11) is 0. The molecule has 0 bridgehead atoms. The van der Waals surface area contributed by atoms with Gasteiger partial charge in [0.25, 0.3) is 5.22 Å². The number of anilines is 1. The summed E-state index contributed by atoms with van der Waals surface area (Å²) in [6, 6.07) is 12.7. The Morgan fingerprint density at radius 2 is 1.88 bits per heavy atom. The maximum absolute atomic E-state index is 12.4. The zero-order valence-electron chi connectivity index (χ0n) is 14.0. The van der Waals surface area contributed by atoms with Gasteiger partial charge >= 0.3 is 0 Å². The van der Waals surface area contributed by atoms with E-state index in [9.17, 15) is 4.79 Å². The largest absolute Gasteiger partial charge is 0.411 e. The number of nitrogens with zero attached hydrogens (tertiary/aromatic N) is 2. The molecule has 0 saturated carbocycles. The van der Waals surface area contributed by atoms with Gasteiger partial charge in [-0.3, -0.25) is 4.79 Å². The Morgan fingerprint density at radius 3 is 2.58 bits per heavy atom. The van der Waals surface area contributed by atoms with Crippen molar-refractivity contribution >= 4 is 46.6 Å². The van der Waals surface area contributed by atoms with Crippen molar-refractivity contribution in [2.75, 3.05) is 5.32 Å². The summed E-state index contributed by atoms with van der Waals surface area (Å²) in [6.07, 6.45) is 0.